The van der Waals surface area contributed by atoms with Crippen LogP contribution in [0.5, 0.6) is 0 Å². The van der Waals surface area contributed by atoms with Gasteiger partial charge in [0.1, 0.15) is 11.9 Å². The van der Waals surface area contributed by atoms with Gasteiger partial charge in [-0.15, -0.1) is 0 Å². The van der Waals surface area contributed by atoms with E-state index in [1.54, 1.807) is 15.8 Å². The van der Waals surface area contributed by atoms with Gasteiger partial charge in [-0.05, 0) is 11.1 Å². The molecule has 1 amide bonds. The summed E-state index contributed by atoms with van der Waals surface area (Å²) in [6.07, 6.45) is 1.45. The van der Waals surface area contributed by atoms with Gasteiger partial charge in [0, 0.05) is 14.1 Å². The molecule has 6 nitrogen and oxygen atoms in total. The van der Waals surface area contributed by atoms with Crippen LogP contribution in [0.25, 0.3) is 0 Å². The Kier molecular flexibility index (Phi) is 5.18. The summed E-state index contributed by atoms with van der Waals surface area (Å²) < 4.78 is 8.01. The number of anilines is 1. The lowest BCUT2D eigenvalue weighted by molar-refractivity contribution is 0.0535. The standard InChI is InChI=1S/C23H24N4O2/c1-17-26(3)22-20(25(2)16-24-22)23(28)27(17)14-15-29-21(18-10-6-4-7-11-18)19-12-8-5-9-13-19/h4-13,16,21H,1,14-15H2,2-3H3. The average molecular weight is 388 g/mol. The molecule has 0 saturated heterocycles. The van der Waals surface area contributed by atoms with Crippen LogP contribution in [0.15, 0.2) is 79.4 Å². The molecule has 148 valence electrons. The molecule has 0 spiro atoms. The lowest BCUT2D eigenvalue weighted by Gasteiger charge is -2.35. The molecular formula is C23H24N4O2. The highest BCUT2D eigenvalue weighted by molar-refractivity contribution is 6.01. The Labute approximate surface area is 170 Å². The van der Waals surface area contributed by atoms with Gasteiger partial charge in [-0.1, -0.05) is 67.2 Å². The Balaban J connectivity index is 1.51. The molecule has 0 bridgehead atoms. The first kappa shape index (κ1) is 19.0. The number of hydrogen-bond donors (Lipinski definition) is 0. The fourth-order valence-corrected chi connectivity index (χ4v) is 3.59. The predicted octanol–water partition coefficient (Wildman–Crippen LogP) is 3.59. The number of amides is 1. The van der Waals surface area contributed by atoms with Crippen molar-refractivity contribution < 1.29 is 9.53 Å². The van der Waals surface area contributed by atoms with Gasteiger partial charge in [0.25, 0.3) is 5.91 Å². The van der Waals surface area contributed by atoms with Crippen LogP contribution >= 0.6 is 0 Å². The number of benzene rings is 2. The van der Waals surface area contributed by atoms with Crippen LogP contribution in [-0.2, 0) is 11.8 Å². The summed E-state index contributed by atoms with van der Waals surface area (Å²) in [6, 6.07) is 20.2. The minimum Gasteiger partial charge on any atom is -0.367 e. The maximum atomic E-state index is 13.0. The summed E-state index contributed by atoms with van der Waals surface area (Å²) in [5, 5.41) is 0. The molecule has 0 N–H and O–H groups in total. The fraction of sp³-hybridized carbons (Fsp3) is 0.217. The van der Waals surface area contributed by atoms with Crippen molar-refractivity contribution in [1.82, 2.24) is 14.5 Å². The predicted molar refractivity (Wildman–Crippen MR) is 112 cm³/mol. The summed E-state index contributed by atoms with van der Waals surface area (Å²) >= 11 is 0. The van der Waals surface area contributed by atoms with Crippen molar-refractivity contribution in [3.63, 3.8) is 0 Å². The minimum absolute atomic E-state index is 0.109. The first-order chi connectivity index (χ1) is 14.1. The quantitative estimate of drug-likeness (QED) is 0.648. The number of aromatic nitrogens is 2. The molecule has 0 fully saturated rings. The third-order valence-electron chi connectivity index (χ3n) is 5.19. The zero-order valence-corrected chi connectivity index (χ0v) is 16.7. The van der Waals surface area contributed by atoms with Crippen LogP contribution in [0.2, 0.25) is 0 Å². The molecule has 29 heavy (non-hydrogen) atoms. The number of carbonyl (C=O) groups excluding carboxylic acids is 1. The summed E-state index contributed by atoms with van der Waals surface area (Å²) in [5.74, 6) is 1.12. The van der Waals surface area contributed by atoms with E-state index < -0.39 is 0 Å². The van der Waals surface area contributed by atoms with E-state index in [-0.39, 0.29) is 12.0 Å². The van der Waals surface area contributed by atoms with Gasteiger partial charge < -0.3 is 14.2 Å². The highest BCUT2D eigenvalue weighted by atomic mass is 16.5. The third-order valence-corrected chi connectivity index (χ3v) is 5.19. The molecule has 0 aliphatic carbocycles. The molecule has 0 unspecified atom stereocenters. The van der Waals surface area contributed by atoms with Crippen LogP contribution in [0.1, 0.15) is 27.7 Å². The van der Waals surface area contributed by atoms with Gasteiger partial charge in [0.2, 0.25) is 0 Å². The Bertz CT molecular complexity index is 974. The van der Waals surface area contributed by atoms with Crippen LogP contribution in [-0.4, -0.2) is 40.6 Å². The Morgan fingerprint density at radius 2 is 1.59 bits per heavy atom. The van der Waals surface area contributed by atoms with E-state index in [1.807, 2.05) is 55.4 Å². The zero-order valence-electron chi connectivity index (χ0n) is 16.7. The second-order valence-corrected chi connectivity index (χ2v) is 7.03. The van der Waals surface area contributed by atoms with Crippen molar-refractivity contribution in [2.45, 2.75) is 6.10 Å². The van der Waals surface area contributed by atoms with Gasteiger partial charge in [0.15, 0.2) is 11.5 Å². The number of ether oxygens (including phenoxy) is 1. The molecule has 0 atom stereocenters. The third kappa shape index (κ3) is 3.54. The molecule has 2 aromatic carbocycles. The van der Waals surface area contributed by atoms with E-state index in [2.05, 4.69) is 35.8 Å². The number of fused-ring (bicyclic) bond motifs is 1. The smallest absolute Gasteiger partial charge is 0.279 e. The molecule has 4 rings (SSSR count). The van der Waals surface area contributed by atoms with Crippen LogP contribution in [0.3, 0.4) is 0 Å². The van der Waals surface area contributed by atoms with Crippen molar-refractivity contribution in [3.8, 4) is 0 Å². The zero-order chi connectivity index (χ0) is 20.4. The molecule has 6 heteroatoms. The van der Waals surface area contributed by atoms with Crippen molar-refractivity contribution >= 4 is 11.7 Å². The van der Waals surface area contributed by atoms with Gasteiger partial charge in [-0.25, -0.2) is 4.98 Å². The number of imidazole rings is 1. The average Bonchev–Trinajstić information content (AvgIpc) is 3.15. The lowest BCUT2D eigenvalue weighted by atomic mass is 10.0. The topological polar surface area (TPSA) is 50.6 Å². The molecular weight excluding hydrogens is 364 g/mol. The van der Waals surface area contributed by atoms with E-state index in [0.717, 1.165) is 11.1 Å². The van der Waals surface area contributed by atoms with E-state index in [9.17, 15) is 4.79 Å². The molecule has 0 saturated carbocycles. The van der Waals surface area contributed by atoms with Crippen molar-refractivity contribution in [2.24, 2.45) is 7.05 Å². The van der Waals surface area contributed by atoms with E-state index in [4.69, 9.17) is 4.74 Å². The first-order valence-electron chi connectivity index (χ1n) is 9.55. The Morgan fingerprint density at radius 3 is 2.17 bits per heavy atom. The van der Waals surface area contributed by atoms with Crippen molar-refractivity contribution in [1.29, 1.82) is 0 Å². The van der Waals surface area contributed by atoms with Crippen LogP contribution < -0.4 is 4.90 Å². The monoisotopic (exact) mass is 388 g/mol. The summed E-state index contributed by atoms with van der Waals surface area (Å²) in [5.41, 5.74) is 2.71. The van der Waals surface area contributed by atoms with Crippen LogP contribution in [0.4, 0.5) is 5.82 Å². The van der Waals surface area contributed by atoms with Crippen LogP contribution in [0, 0.1) is 0 Å². The SMILES string of the molecule is C=C1N(CCOC(c2ccccc2)c2ccccc2)C(=O)c2c(ncn2C)N1C. The summed E-state index contributed by atoms with van der Waals surface area (Å²) in [7, 11) is 3.69. The number of aryl methyl sites for hydroxylation is 1. The number of rotatable bonds is 6. The van der Waals surface area contributed by atoms with E-state index in [1.165, 1.54) is 0 Å². The summed E-state index contributed by atoms with van der Waals surface area (Å²) in [4.78, 5) is 20.8. The Hall–Kier alpha value is -3.38. The molecule has 1 aromatic heterocycles. The summed E-state index contributed by atoms with van der Waals surface area (Å²) in [6.45, 7) is 4.86. The van der Waals surface area contributed by atoms with E-state index in [0.29, 0.717) is 30.5 Å². The molecule has 2 heterocycles. The maximum absolute atomic E-state index is 13.0. The van der Waals surface area contributed by atoms with E-state index >= 15 is 0 Å². The van der Waals surface area contributed by atoms with Gasteiger partial charge >= 0.3 is 0 Å². The minimum atomic E-state index is -0.199. The molecule has 3 aromatic rings. The normalized spacial score (nSPS) is 13.9. The second-order valence-electron chi connectivity index (χ2n) is 7.03. The largest absolute Gasteiger partial charge is 0.367 e. The highest BCUT2D eigenvalue weighted by Gasteiger charge is 2.34. The second kappa shape index (κ2) is 7.93. The fourth-order valence-electron chi connectivity index (χ4n) is 3.59. The molecule has 1 aliphatic heterocycles. The van der Waals surface area contributed by atoms with Crippen molar-refractivity contribution in [3.05, 3.63) is 96.2 Å². The maximum Gasteiger partial charge on any atom is 0.279 e. The highest BCUT2D eigenvalue weighted by Crippen LogP contribution is 2.30. The van der Waals surface area contributed by atoms with Gasteiger partial charge in [-0.2, -0.15) is 0 Å². The first-order valence-corrected chi connectivity index (χ1v) is 9.55. The molecule has 0 radical (unpaired) electrons. The number of carbonyl (C=O) groups is 1. The van der Waals surface area contributed by atoms with Gasteiger partial charge in [0.05, 0.1) is 19.5 Å². The Morgan fingerprint density at radius 1 is 1.00 bits per heavy atom. The number of nitrogens with zero attached hydrogens (tertiary/aromatic N) is 4. The molecule has 1 aliphatic rings. The van der Waals surface area contributed by atoms with Crippen molar-refractivity contribution in [2.75, 3.05) is 25.1 Å². The lowest BCUT2D eigenvalue weighted by Crippen LogP contribution is -2.44. The van der Waals surface area contributed by atoms with Gasteiger partial charge in [-0.3, -0.25) is 9.69 Å². The number of hydrogen-bond acceptors (Lipinski definition) is 4.